The molecule has 0 radical (unpaired) electrons. The second kappa shape index (κ2) is 7.66. The third-order valence-corrected chi connectivity index (χ3v) is 3.15. The van der Waals surface area contributed by atoms with Gasteiger partial charge in [-0.15, -0.1) is 0 Å². The predicted octanol–water partition coefficient (Wildman–Crippen LogP) is 4.48. The normalized spacial score (nSPS) is 10.1. The lowest BCUT2D eigenvalue weighted by Crippen LogP contribution is -2.14. The minimum Gasteiger partial charge on any atom is -0.489 e. The molecule has 0 bridgehead atoms. The summed E-state index contributed by atoms with van der Waals surface area (Å²) in [6.07, 6.45) is 0.311. The van der Waals surface area contributed by atoms with Gasteiger partial charge < -0.3 is 10.1 Å². The van der Waals surface area contributed by atoms with E-state index in [1.807, 2.05) is 43.3 Å². The molecule has 114 valence electrons. The van der Waals surface area contributed by atoms with Gasteiger partial charge in [-0.25, -0.2) is 0 Å². The van der Waals surface area contributed by atoms with E-state index in [0.717, 1.165) is 22.6 Å². The molecule has 0 fully saturated rings. The van der Waals surface area contributed by atoms with Gasteiger partial charge in [-0.3, -0.25) is 4.79 Å². The Kier molecular flexibility index (Phi) is 5.61. The average Bonchev–Trinajstić information content (AvgIpc) is 2.49. The summed E-state index contributed by atoms with van der Waals surface area (Å²) in [5.41, 5.74) is 2.62. The smallest absolute Gasteiger partial charge is 0.228 e. The van der Waals surface area contributed by atoms with Crippen LogP contribution < -0.4 is 10.1 Å². The predicted molar refractivity (Wildman–Crippen MR) is 90.5 cm³/mol. The first kappa shape index (κ1) is 16.1. The fourth-order valence-electron chi connectivity index (χ4n) is 1.83. The van der Waals surface area contributed by atoms with Crippen molar-refractivity contribution in [2.45, 2.75) is 13.3 Å². The van der Waals surface area contributed by atoms with Gasteiger partial charge in [0.15, 0.2) is 0 Å². The van der Waals surface area contributed by atoms with Gasteiger partial charge in [0.2, 0.25) is 5.91 Å². The molecule has 0 aliphatic carbocycles. The molecule has 22 heavy (non-hydrogen) atoms. The number of amides is 1. The summed E-state index contributed by atoms with van der Waals surface area (Å²) < 4.78 is 5.51. The van der Waals surface area contributed by atoms with Gasteiger partial charge in [0.05, 0.1) is 6.42 Å². The van der Waals surface area contributed by atoms with E-state index >= 15 is 0 Å². The minimum absolute atomic E-state index is 0.0714. The van der Waals surface area contributed by atoms with Crippen molar-refractivity contribution in [1.82, 2.24) is 0 Å². The van der Waals surface area contributed by atoms with Crippen LogP contribution in [0.25, 0.3) is 0 Å². The highest BCUT2D eigenvalue weighted by Crippen LogP contribution is 2.17. The molecule has 2 aromatic carbocycles. The molecule has 0 saturated carbocycles. The Morgan fingerprint density at radius 3 is 2.36 bits per heavy atom. The van der Waals surface area contributed by atoms with Crippen molar-refractivity contribution >= 4 is 23.2 Å². The highest BCUT2D eigenvalue weighted by molar-refractivity contribution is 6.30. The highest BCUT2D eigenvalue weighted by Gasteiger charge is 2.04. The minimum atomic E-state index is -0.0714. The zero-order valence-corrected chi connectivity index (χ0v) is 13.2. The number of carbonyl (C=O) groups excluding carboxylic acids is 1. The molecule has 0 aliphatic rings. The third kappa shape index (κ3) is 5.26. The fraction of sp³-hybridized carbons (Fsp3) is 0.167. The topological polar surface area (TPSA) is 38.3 Å². The molecular formula is C18H18ClNO2. The molecule has 0 unspecified atom stereocenters. The van der Waals surface area contributed by atoms with Crippen LogP contribution in [-0.2, 0) is 11.2 Å². The van der Waals surface area contributed by atoms with Crippen LogP contribution in [0.4, 0.5) is 5.69 Å². The number of rotatable bonds is 6. The van der Waals surface area contributed by atoms with Gasteiger partial charge in [0.25, 0.3) is 0 Å². The molecule has 1 N–H and O–H groups in total. The second-order valence-corrected chi connectivity index (χ2v) is 5.56. The van der Waals surface area contributed by atoms with Gasteiger partial charge in [-0.05, 0) is 54.5 Å². The standard InChI is InChI=1S/C18H18ClNO2/c1-13(2)12-22-17-9-7-16(8-10-17)20-18(21)11-14-3-5-15(19)6-4-14/h3-10H,1,11-12H2,2H3,(H,20,21). The van der Waals surface area contributed by atoms with Crippen LogP contribution in [0.3, 0.4) is 0 Å². The molecule has 1 amide bonds. The lowest BCUT2D eigenvalue weighted by molar-refractivity contribution is -0.115. The quantitative estimate of drug-likeness (QED) is 0.798. The number of ether oxygens (including phenoxy) is 1. The van der Waals surface area contributed by atoms with Crippen LogP contribution in [0.1, 0.15) is 12.5 Å². The van der Waals surface area contributed by atoms with Crippen molar-refractivity contribution in [3.8, 4) is 5.75 Å². The molecule has 2 rings (SSSR count). The van der Waals surface area contributed by atoms with E-state index in [-0.39, 0.29) is 5.91 Å². The SMILES string of the molecule is C=C(C)COc1ccc(NC(=O)Cc2ccc(Cl)cc2)cc1. The van der Waals surface area contributed by atoms with E-state index in [0.29, 0.717) is 18.1 Å². The Morgan fingerprint density at radius 2 is 1.77 bits per heavy atom. The zero-order valence-electron chi connectivity index (χ0n) is 12.4. The Morgan fingerprint density at radius 1 is 1.14 bits per heavy atom. The Bertz CT molecular complexity index is 648. The first-order valence-corrected chi connectivity index (χ1v) is 7.32. The summed E-state index contributed by atoms with van der Waals surface area (Å²) in [6, 6.07) is 14.5. The lowest BCUT2D eigenvalue weighted by Gasteiger charge is -2.08. The number of hydrogen-bond acceptors (Lipinski definition) is 2. The molecule has 4 heteroatoms. The molecule has 0 aromatic heterocycles. The van der Waals surface area contributed by atoms with Crippen LogP contribution in [0, 0.1) is 0 Å². The molecule has 0 atom stereocenters. The van der Waals surface area contributed by atoms with Gasteiger partial charge in [-0.1, -0.05) is 30.3 Å². The van der Waals surface area contributed by atoms with Crippen LogP contribution in [-0.4, -0.2) is 12.5 Å². The molecule has 2 aromatic rings. The summed E-state index contributed by atoms with van der Waals surface area (Å²) in [6.45, 7) is 6.18. The summed E-state index contributed by atoms with van der Waals surface area (Å²) in [4.78, 5) is 12.0. The Hall–Kier alpha value is -2.26. The molecule has 0 saturated heterocycles. The van der Waals surface area contributed by atoms with Gasteiger partial charge in [0, 0.05) is 10.7 Å². The molecular weight excluding hydrogens is 298 g/mol. The lowest BCUT2D eigenvalue weighted by atomic mass is 10.1. The maximum atomic E-state index is 12.0. The fourth-order valence-corrected chi connectivity index (χ4v) is 1.96. The largest absolute Gasteiger partial charge is 0.489 e. The summed E-state index contributed by atoms with van der Waals surface area (Å²) in [5, 5.41) is 3.51. The second-order valence-electron chi connectivity index (χ2n) is 5.12. The summed E-state index contributed by atoms with van der Waals surface area (Å²) >= 11 is 5.82. The Labute approximate surface area is 135 Å². The monoisotopic (exact) mass is 315 g/mol. The van der Waals surface area contributed by atoms with E-state index in [4.69, 9.17) is 16.3 Å². The van der Waals surface area contributed by atoms with Crippen molar-refractivity contribution in [2.24, 2.45) is 0 Å². The summed E-state index contributed by atoms with van der Waals surface area (Å²) in [5.74, 6) is 0.677. The van der Waals surface area contributed by atoms with E-state index in [2.05, 4.69) is 11.9 Å². The number of benzene rings is 2. The number of carbonyl (C=O) groups is 1. The van der Waals surface area contributed by atoms with Crippen molar-refractivity contribution < 1.29 is 9.53 Å². The van der Waals surface area contributed by atoms with Crippen molar-refractivity contribution in [1.29, 1.82) is 0 Å². The number of halogens is 1. The van der Waals surface area contributed by atoms with E-state index in [1.165, 1.54) is 0 Å². The van der Waals surface area contributed by atoms with Crippen LogP contribution in [0.2, 0.25) is 5.02 Å². The number of anilines is 1. The van der Waals surface area contributed by atoms with E-state index < -0.39 is 0 Å². The number of hydrogen-bond donors (Lipinski definition) is 1. The molecule has 0 spiro atoms. The van der Waals surface area contributed by atoms with Crippen LogP contribution in [0.15, 0.2) is 60.7 Å². The average molecular weight is 316 g/mol. The first-order chi connectivity index (χ1) is 10.5. The van der Waals surface area contributed by atoms with Gasteiger partial charge in [-0.2, -0.15) is 0 Å². The maximum Gasteiger partial charge on any atom is 0.228 e. The van der Waals surface area contributed by atoms with Crippen molar-refractivity contribution in [3.05, 3.63) is 71.3 Å². The Balaban J connectivity index is 1.88. The molecule has 3 nitrogen and oxygen atoms in total. The van der Waals surface area contributed by atoms with Crippen LogP contribution in [0.5, 0.6) is 5.75 Å². The van der Waals surface area contributed by atoms with Gasteiger partial charge in [0.1, 0.15) is 12.4 Å². The van der Waals surface area contributed by atoms with E-state index in [1.54, 1.807) is 12.1 Å². The van der Waals surface area contributed by atoms with Crippen molar-refractivity contribution in [3.63, 3.8) is 0 Å². The highest BCUT2D eigenvalue weighted by atomic mass is 35.5. The molecule has 0 aliphatic heterocycles. The molecule has 0 heterocycles. The van der Waals surface area contributed by atoms with Crippen LogP contribution >= 0.6 is 11.6 Å². The van der Waals surface area contributed by atoms with Gasteiger partial charge >= 0.3 is 0 Å². The summed E-state index contributed by atoms with van der Waals surface area (Å²) in [7, 11) is 0. The van der Waals surface area contributed by atoms with Crippen molar-refractivity contribution in [2.75, 3.05) is 11.9 Å². The van der Waals surface area contributed by atoms with E-state index in [9.17, 15) is 4.79 Å². The third-order valence-electron chi connectivity index (χ3n) is 2.90. The zero-order chi connectivity index (χ0) is 15.9. The number of nitrogens with one attached hydrogen (secondary N) is 1. The maximum absolute atomic E-state index is 12.0. The first-order valence-electron chi connectivity index (χ1n) is 6.94.